The van der Waals surface area contributed by atoms with E-state index in [-0.39, 0.29) is 12.1 Å². The second-order valence-corrected chi connectivity index (χ2v) is 4.92. The Morgan fingerprint density at radius 2 is 2.00 bits per heavy atom. The number of furan rings is 1. The maximum atomic E-state index is 12.6. The van der Waals surface area contributed by atoms with Crippen molar-refractivity contribution >= 4 is 18.0 Å². The molecule has 5 nitrogen and oxygen atoms in total. The fourth-order valence-electron chi connectivity index (χ4n) is 1.82. The van der Waals surface area contributed by atoms with Crippen molar-refractivity contribution in [2.45, 2.75) is 12.7 Å². The number of rotatable bonds is 6. The van der Waals surface area contributed by atoms with Crippen molar-refractivity contribution in [1.82, 2.24) is 5.32 Å². The number of hydrogen-bond donors (Lipinski definition) is 1. The molecule has 2 rings (SSSR count). The number of halogens is 3. The molecule has 0 fully saturated rings. The highest BCUT2D eigenvalue weighted by Crippen LogP contribution is 2.29. The van der Waals surface area contributed by atoms with Gasteiger partial charge in [-0.25, -0.2) is 4.79 Å². The average Bonchev–Trinajstić information content (AvgIpc) is 3.09. The third-order valence-electron chi connectivity index (χ3n) is 3.01. The molecule has 0 radical (unpaired) electrons. The van der Waals surface area contributed by atoms with Gasteiger partial charge >= 0.3 is 12.1 Å². The third-order valence-corrected chi connectivity index (χ3v) is 3.01. The maximum absolute atomic E-state index is 12.6. The van der Waals surface area contributed by atoms with Gasteiger partial charge < -0.3 is 14.5 Å². The molecule has 1 aromatic heterocycles. The number of ether oxygens (including phenoxy) is 1. The minimum atomic E-state index is -4.46. The number of carbonyl (C=O) groups excluding carboxylic acids is 2. The van der Waals surface area contributed by atoms with E-state index in [0.29, 0.717) is 5.76 Å². The van der Waals surface area contributed by atoms with Crippen LogP contribution in [0.5, 0.6) is 0 Å². The molecule has 0 unspecified atom stereocenters. The van der Waals surface area contributed by atoms with Gasteiger partial charge in [-0.05, 0) is 35.9 Å². The third kappa shape index (κ3) is 6.17. The van der Waals surface area contributed by atoms with Crippen LogP contribution in [-0.2, 0) is 27.0 Å². The van der Waals surface area contributed by atoms with E-state index < -0.39 is 30.2 Å². The van der Waals surface area contributed by atoms with Crippen molar-refractivity contribution in [1.29, 1.82) is 0 Å². The molecule has 1 N–H and O–H groups in total. The SMILES string of the molecule is O=C(COC(=O)/C=C/c1cccc(C(F)(F)F)c1)NCc1ccco1. The standard InChI is InChI=1S/C17H14F3NO4/c18-17(19,20)13-4-1-3-12(9-13)6-7-16(23)25-11-15(22)21-10-14-5-2-8-24-14/h1-9H,10-11H2,(H,21,22)/b7-6+. The molecule has 2 aromatic rings. The monoisotopic (exact) mass is 353 g/mol. The molecule has 0 atom stereocenters. The van der Waals surface area contributed by atoms with E-state index in [0.717, 1.165) is 18.2 Å². The van der Waals surface area contributed by atoms with Gasteiger partial charge in [-0.3, -0.25) is 4.79 Å². The first-order chi connectivity index (χ1) is 11.8. The average molecular weight is 353 g/mol. The lowest BCUT2D eigenvalue weighted by Gasteiger charge is -2.06. The number of alkyl halides is 3. The molecule has 0 spiro atoms. The molecule has 25 heavy (non-hydrogen) atoms. The van der Waals surface area contributed by atoms with Gasteiger partial charge in [0, 0.05) is 6.08 Å². The van der Waals surface area contributed by atoms with E-state index in [9.17, 15) is 22.8 Å². The zero-order chi connectivity index (χ0) is 18.3. The lowest BCUT2D eigenvalue weighted by Crippen LogP contribution is -2.27. The molecule has 0 aliphatic rings. The first kappa shape index (κ1) is 18.3. The van der Waals surface area contributed by atoms with E-state index in [1.807, 2.05) is 0 Å². The highest BCUT2D eigenvalue weighted by molar-refractivity contribution is 5.89. The zero-order valence-corrected chi connectivity index (χ0v) is 12.9. The predicted octanol–water partition coefficient (Wildman–Crippen LogP) is 3.17. The van der Waals surface area contributed by atoms with E-state index in [2.05, 4.69) is 5.32 Å². The van der Waals surface area contributed by atoms with Crippen LogP contribution in [-0.4, -0.2) is 18.5 Å². The molecule has 8 heteroatoms. The van der Waals surface area contributed by atoms with Crippen LogP contribution in [0.4, 0.5) is 13.2 Å². The van der Waals surface area contributed by atoms with Crippen LogP contribution in [0.2, 0.25) is 0 Å². The largest absolute Gasteiger partial charge is 0.467 e. The summed E-state index contributed by atoms with van der Waals surface area (Å²) < 4.78 is 47.5. The summed E-state index contributed by atoms with van der Waals surface area (Å²) in [7, 11) is 0. The Hall–Kier alpha value is -3.03. The Labute approximate surface area is 141 Å². The Kier molecular flexibility index (Phi) is 5.99. The molecular formula is C17H14F3NO4. The summed E-state index contributed by atoms with van der Waals surface area (Å²) in [6.45, 7) is -0.351. The van der Waals surface area contributed by atoms with Crippen molar-refractivity contribution in [2.75, 3.05) is 6.61 Å². The first-order valence-electron chi connectivity index (χ1n) is 7.16. The van der Waals surface area contributed by atoms with E-state index in [4.69, 9.17) is 9.15 Å². The van der Waals surface area contributed by atoms with Gasteiger partial charge in [0.2, 0.25) is 0 Å². The van der Waals surface area contributed by atoms with Crippen molar-refractivity contribution in [3.05, 3.63) is 65.6 Å². The minimum Gasteiger partial charge on any atom is -0.467 e. The quantitative estimate of drug-likeness (QED) is 0.640. The maximum Gasteiger partial charge on any atom is 0.416 e. The van der Waals surface area contributed by atoms with Gasteiger partial charge in [0.05, 0.1) is 18.4 Å². The summed E-state index contributed by atoms with van der Waals surface area (Å²) in [5, 5.41) is 2.48. The molecule has 0 aliphatic carbocycles. The van der Waals surface area contributed by atoms with E-state index in [1.54, 1.807) is 12.1 Å². The van der Waals surface area contributed by atoms with E-state index >= 15 is 0 Å². The van der Waals surface area contributed by atoms with Crippen molar-refractivity contribution in [3.8, 4) is 0 Å². The highest BCUT2D eigenvalue weighted by atomic mass is 19.4. The van der Waals surface area contributed by atoms with Gasteiger partial charge in [0.1, 0.15) is 5.76 Å². The molecule has 0 saturated heterocycles. The van der Waals surface area contributed by atoms with Crippen LogP contribution < -0.4 is 5.32 Å². The van der Waals surface area contributed by atoms with Crippen LogP contribution >= 0.6 is 0 Å². The Balaban J connectivity index is 1.79. The molecular weight excluding hydrogens is 339 g/mol. The van der Waals surface area contributed by atoms with Crippen LogP contribution in [0, 0.1) is 0 Å². The second kappa shape index (κ2) is 8.18. The highest BCUT2D eigenvalue weighted by Gasteiger charge is 2.30. The van der Waals surface area contributed by atoms with Crippen LogP contribution in [0.25, 0.3) is 6.08 Å². The summed E-state index contributed by atoms with van der Waals surface area (Å²) in [4.78, 5) is 23.0. The van der Waals surface area contributed by atoms with Gasteiger partial charge in [0.25, 0.3) is 5.91 Å². The smallest absolute Gasteiger partial charge is 0.416 e. The Morgan fingerprint density at radius 3 is 2.68 bits per heavy atom. The summed E-state index contributed by atoms with van der Waals surface area (Å²) in [6, 6.07) is 7.81. The Morgan fingerprint density at radius 1 is 1.20 bits per heavy atom. The lowest BCUT2D eigenvalue weighted by atomic mass is 10.1. The fourth-order valence-corrected chi connectivity index (χ4v) is 1.82. The number of nitrogens with one attached hydrogen (secondary N) is 1. The summed E-state index contributed by atoms with van der Waals surface area (Å²) in [5.41, 5.74) is -0.630. The van der Waals surface area contributed by atoms with Crippen LogP contribution in [0.3, 0.4) is 0 Å². The number of benzene rings is 1. The molecule has 132 valence electrons. The molecule has 1 amide bonds. The number of hydrogen-bond acceptors (Lipinski definition) is 4. The van der Waals surface area contributed by atoms with Crippen LogP contribution in [0.15, 0.2) is 53.2 Å². The first-order valence-corrected chi connectivity index (χ1v) is 7.16. The van der Waals surface area contributed by atoms with Crippen molar-refractivity contribution in [2.24, 2.45) is 0 Å². The zero-order valence-electron chi connectivity index (χ0n) is 12.9. The molecule has 1 aromatic carbocycles. The molecule has 0 bridgehead atoms. The van der Waals surface area contributed by atoms with Gasteiger partial charge in [-0.15, -0.1) is 0 Å². The fraction of sp³-hybridized carbons (Fsp3) is 0.176. The number of esters is 1. The lowest BCUT2D eigenvalue weighted by molar-refractivity contribution is -0.143. The normalized spacial score (nSPS) is 11.5. The van der Waals surface area contributed by atoms with Crippen molar-refractivity contribution in [3.63, 3.8) is 0 Å². The number of amides is 1. The second-order valence-electron chi connectivity index (χ2n) is 4.92. The van der Waals surface area contributed by atoms with Gasteiger partial charge in [0.15, 0.2) is 6.61 Å². The predicted molar refractivity (Wildman–Crippen MR) is 82.0 cm³/mol. The van der Waals surface area contributed by atoms with Crippen molar-refractivity contribution < 1.29 is 31.9 Å². The summed E-state index contributed by atoms with van der Waals surface area (Å²) >= 11 is 0. The van der Waals surface area contributed by atoms with Crippen LogP contribution in [0.1, 0.15) is 16.9 Å². The van der Waals surface area contributed by atoms with E-state index in [1.165, 1.54) is 24.5 Å². The number of carbonyl (C=O) groups is 2. The molecule has 0 aliphatic heterocycles. The van der Waals surface area contributed by atoms with Gasteiger partial charge in [-0.1, -0.05) is 12.1 Å². The minimum absolute atomic E-state index is 0.156. The van der Waals surface area contributed by atoms with Gasteiger partial charge in [-0.2, -0.15) is 13.2 Å². The molecule has 0 saturated carbocycles. The molecule has 1 heterocycles. The topological polar surface area (TPSA) is 68.5 Å². The summed E-state index contributed by atoms with van der Waals surface area (Å²) in [6.07, 6.45) is -0.871. The Bertz CT molecular complexity index is 752. The summed E-state index contributed by atoms with van der Waals surface area (Å²) in [5.74, 6) is -0.827.